The third kappa shape index (κ3) is 6.94. The molecule has 0 bridgehead atoms. The molecule has 15 heavy (non-hydrogen) atoms. The zero-order valence-corrected chi connectivity index (χ0v) is 11.4. The molecule has 0 aliphatic rings. The van der Waals surface area contributed by atoms with Crippen LogP contribution < -0.4 is 0 Å². The summed E-state index contributed by atoms with van der Waals surface area (Å²) in [6.45, 7) is 3.94. The van der Waals surface area contributed by atoms with Gasteiger partial charge in [-0.15, -0.1) is 0 Å². The van der Waals surface area contributed by atoms with Gasteiger partial charge in [-0.1, -0.05) is 12.1 Å². The molecular weight excluding hydrogens is 362 g/mol. The van der Waals surface area contributed by atoms with Gasteiger partial charge in [-0.3, -0.25) is 9.97 Å². The summed E-state index contributed by atoms with van der Waals surface area (Å²) in [5.74, 6) is 0. The van der Waals surface area contributed by atoms with E-state index < -0.39 is 0 Å². The summed E-state index contributed by atoms with van der Waals surface area (Å²) in [6, 6.07) is 11.7. The standard InChI is InChI=1S/2C6H7N.Os/c2*1-6-4-2-3-5-7-6;/h2*2-5H,1H3;. The largest absolute Gasteiger partial charge is 0.262 e. The molecular formula is C12H14N2Os. The van der Waals surface area contributed by atoms with Gasteiger partial charge in [0, 0.05) is 43.6 Å². The molecule has 0 aromatic carbocycles. The molecule has 2 aromatic heterocycles. The van der Waals surface area contributed by atoms with Crippen LogP contribution in [0.3, 0.4) is 0 Å². The van der Waals surface area contributed by atoms with E-state index in [9.17, 15) is 0 Å². The van der Waals surface area contributed by atoms with Gasteiger partial charge in [-0.05, 0) is 38.1 Å². The van der Waals surface area contributed by atoms with Crippen molar-refractivity contribution in [1.82, 2.24) is 9.97 Å². The zero-order chi connectivity index (χ0) is 10.2. The maximum absolute atomic E-state index is 3.98. The summed E-state index contributed by atoms with van der Waals surface area (Å²) < 4.78 is 0. The van der Waals surface area contributed by atoms with Gasteiger partial charge in [0.05, 0.1) is 0 Å². The number of aromatic nitrogens is 2. The third-order valence-corrected chi connectivity index (χ3v) is 1.63. The van der Waals surface area contributed by atoms with E-state index in [0.29, 0.717) is 0 Å². The summed E-state index contributed by atoms with van der Waals surface area (Å²) in [4.78, 5) is 7.96. The average Bonchev–Trinajstić information content (AvgIpc) is 2.21. The molecule has 2 nitrogen and oxygen atoms in total. The van der Waals surface area contributed by atoms with Crippen molar-refractivity contribution in [1.29, 1.82) is 0 Å². The zero-order valence-electron chi connectivity index (χ0n) is 8.87. The quantitative estimate of drug-likeness (QED) is 0.707. The number of pyridine rings is 2. The minimum atomic E-state index is 0. The predicted molar refractivity (Wildman–Crippen MR) is 57.9 cm³/mol. The first kappa shape index (κ1) is 13.9. The summed E-state index contributed by atoms with van der Waals surface area (Å²) >= 11 is 0. The van der Waals surface area contributed by atoms with E-state index in [-0.39, 0.29) is 19.8 Å². The van der Waals surface area contributed by atoms with Crippen molar-refractivity contribution < 1.29 is 19.8 Å². The van der Waals surface area contributed by atoms with Crippen molar-refractivity contribution in [3.05, 3.63) is 60.2 Å². The fraction of sp³-hybridized carbons (Fsp3) is 0.167. The maximum atomic E-state index is 3.98. The van der Waals surface area contributed by atoms with Gasteiger partial charge >= 0.3 is 0 Å². The number of hydrogen-bond acceptors (Lipinski definition) is 2. The van der Waals surface area contributed by atoms with Gasteiger partial charge in [0.2, 0.25) is 0 Å². The topological polar surface area (TPSA) is 25.8 Å². The molecule has 0 fully saturated rings. The third-order valence-electron chi connectivity index (χ3n) is 1.63. The van der Waals surface area contributed by atoms with Gasteiger partial charge < -0.3 is 0 Å². The van der Waals surface area contributed by atoms with E-state index in [1.54, 1.807) is 12.4 Å². The molecule has 0 spiro atoms. The Bertz CT molecular complexity index is 311. The van der Waals surface area contributed by atoms with Gasteiger partial charge in [0.25, 0.3) is 0 Å². The normalized spacial score (nSPS) is 8.13. The van der Waals surface area contributed by atoms with Crippen LogP contribution in [0.15, 0.2) is 48.8 Å². The SMILES string of the molecule is Cc1ccccn1.Cc1ccccn1.[Os]. The second kappa shape index (κ2) is 8.26. The first-order valence-corrected chi connectivity index (χ1v) is 4.54. The summed E-state index contributed by atoms with van der Waals surface area (Å²) in [7, 11) is 0. The van der Waals surface area contributed by atoms with Gasteiger partial charge in [-0.25, -0.2) is 0 Å². The van der Waals surface area contributed by atoms with E-state index >= 15 is 0 Å². The Morgan fingerprint density at radius 2 is 1.13 bits per heavy atom. The molecule has 3 heteroatoms. The Hall–Kier alpha value is -1.06. The number of rotatable bonds is 0. The molecule has 80 valence electrons. The van der Waals surface area contributed by atoms with Crippen molar-refractivity contribution in [2.24, 2.45) is 0 Å². The Kier molecular flexibility index (Phi) is 7.68. The summed E-state index contributed by atoms with van der Waals surface area (Å²) in [6.07, 6.45) is 3.57. The Balaban J connectivity index is 0.000000245. The molecule has 0 unspecified atom stereocenters. The predicted octanol–water partition coefficient (Wildman–Crippen LogP) is 2.78. The Morgan fingerprint density at radius 3 is 1.27 bits per heavy atom. The summed E-state index contributed by atoms with van der Waals surface area (Å²) in [5.41, 5.74) is 2.14. The molecule has 2 aromatic rings. The fourth-order valence-corrected chi connectivity index (χ4v) is 0.896. The number of nitrogens with zero attached hydrogens (tertiary/aromatic N) is 2. The molecule has 0 aliphatic heterocycles. The number of aryl methyl sites for hydroxylation is 2. The smallest absolute Gasteiger partial charge is 0.0372 e. The fourth-order valence-electron chi connectivity index (χ4n) is 0.896. The van der Waals surface area contributed by atoms with Crippen molar-refractivity contribution >= 4 is 0 Å². The summed E-state index contributed by atoms with van der Waals surface area (Å²) in [5, 5.41) is 0. The first-order valence-electron chi connectivity index (χ1n) is 4.54. The van der Waals surface area contributed by atoms with E-state index in [1.165, 1.54) is 0 Å². The molecule has 0 N–H and O–H groups in total. The van der Waals surface area contributed by atoms with Crippen LogP contribution in [0.2, 0.25) is 0 Å². The minimum absolute atomic E-state index is 0. The molecule has 2 heterocycles. The van der Waals surface area contributed by atoms with Crippen molar-refractivity contribution in [2.75, 3.05) is 0 Å². The van der Waals surface area contributed by atoms with Crippen LogP contribution in [0, 0.1) is 13.8 Å². The first-order chi connectivity index (χ1) is 6.79. The van der Waals surface area contributed by atoms with Crippen LogP contribution in [-0.2, 0) is 19.8 Å². The maximum Gasteiger partial charge on any atom is 0.0372 e. The van der Waals surface area contributed by atoms with Crippen LogP contribution >= 0.6 is 0 Å². The van der Waals surface area contributed by atoms with Gasteiger partial charge in [0.15, 0.2) is 0 Å². The van der Waals surface area contributed by atoms with E-state index in [1.807, 2.05) is 50.2 Å². The van der Waals surface area contributed by atoms with Crippen molar-refractivity contribution in [3.63, 3.8) is 0 Å². The average molecular weight is 376 g/mol. The molecule has 0 radical (unpaired) electrons. The van der Waals surface area contributed by atoms with Crippen molar-refractivity contribution in [3.8, 4) is 0 Å². The van der Waals surface area contributed by atoms with Gasteiger partial charge in [0.1, 0.15) is 0 Å². The monoisotopic (exact) mass is 378 g/mol. The number of hydrogen-bond donors (Lipinski definition) is 0. The molecule has 0 amide bonds. The van der Waals surface area contributed by atoms with Crippen molar-refractivity contribution in [2.45, 2.75) is 13.8 Å². The second-order valence-electron chi connectivity index (χ2n) is 2.94. The second-order valence-corrected chi connectivity index (χ2v) is 2.94. The van der Waals surface area contributed by atoms with Crippen LogP contribution in [0.4, 0.5) is 0 Å². The van der Waals surface area contributed by atoms with Crippen LogP contribution in [0.5, 0.6) is 0 Å². The molecule has 2 rings (SSSR count). The van der Waals surface area contributed by atoms with Crippen LogP contribution in [0.25, 0.3) is 0 Å². The Morgan fingerprint density at radius 1 is 0.733 bits per heavy atom. The van der Waals surface area contributed by atoms with E-state index in [2.05, 4.69) is 9.97 Å². The van der Waals surface area contributed by atoms with E-state index in [0.717, 1.165) is 11.4 Å². The molecule has 0 atom stereocenters. The Labute approximate surface area is 104 Å². The molecule has 0 aliphatic carbocycles. The van der Waals surface area contributed by atoms with Crippen LogP contribution in [-0.4, -0.2) is 9.97 Å². The molecule has 0 saturated heterocycles. The molecule has 0 saturated carbocycles. The van der Waals surface area contributed by atoms with Crippen LogP contribution in [0.1, 0.15) is 11.4 Å². The van der Waals surface area contributed by atoms with Gasteiger partial charge in [-0.2, -0.15) is 0 Å². The minimum Gasteiger partial charge on any atom is -0.262 e. The van der Waals surface area contributed by atoms with E-state index in [4.69, 9.17) is 0 Å².